The number of esters is 1. The quantitative estimate of drug-likeness (QED) is 0.206. The summed E-state index contributed by atoms with van der Waals surface area (Å²) in [4.78, 5) is 39.4. The number of hydrogen-bond acceptors (Lipinski definition) is 7. The number of thiophene rings is 1. The maximum Gasteiger partial charge on any atom is 0.341 e. The minimum Gasteiger partial charge on any atom is -0.462 e. The van der Waals surface area contributed by atoms with Gasteiger partial charge in [0.1, 0.15) is 16.3 Å². The molecule has 1 aromatic heterocycles. The van der Waals surface area contributed by atoms with Gasteiger partial charge >= 0.3 is 5.97 Å². The first-order chi connectivity index (χ1) is 17.4. The van der Waals surface area contributed by atoms with Gasteiger partial charge in [0.25, 0.3) is 11.6 Å². The minimum atomic E-state index is -0.591. The van der Waals surface area contributed by atoms with E-state index in [1.54, 1.807) is 48.7 Å². The van der Waals surface area contributed by atoms with E-state index in [4.69, 9.17) is 16.3 Å². The standard InChI is InChI=1S/C26H26ClN3O5S/c1-2-35-26(32)23-19(18-9-5-6-10-20(18)27)16-36-25(23)28-24(31)17-11-12-21(22(15-17)30(33)34)29-13-7-3-4-8-14-29/h5-6,9-12,15-16H,2-4,7-8,13-14H2,1H3,(H,28,31). The van der Waals surface area contributed by atoms with E-state index in [0.29, 0.717) is 21.8 Å². The highest BCUT2D eigenvalue weighted by Crippen LogP contribution is 2.39. The summed E-state index contributed by atoms with van der Waals surface area (Å²) in [6.45, 7) is 3.35. The van der Waals surface area contributed by atoms with Crippen molar-refractivity contribution in [1.29, 1.82) is 0 Å². The largest absolute Gasteiger partial charge is 0.462 e. The maximum absolute atomic E-state index is 13.2. The number of nitro groups is 1. The maximum atomic E-state index is 13.2. The third kappa shape index (κ3) is 5.52. The zero-order valence-electron chi connectivity index (χ0n) is 19.8. The molecule has 1 aliphatic heterocycles. The van der Waals surface area contributed by atoms with Crippen LogP contribution in [0, 0.1) is 10.1 Å². The van der Waals surface area contributed by atoms with Gasteiger partial charge in [0.2, 0.25) is 0 Å². The Hall–Kier alpha value is -3.43. The zero-order chi connectivity index (χ0) is 25.7. The lowest BCUT2D eigenvalue weighted by Gasteiger charge is -2.22. The van der Waals surface area contributed by atoms with Crippen LogP contribution in [0.4, 0.5) is 16.4 Å². The fourth-order valence-corrected chi connectivity index (χ4v) is 5.48. The van der Waals surface area contributed by atoms with Gasteiger partial charge in [-0.2, -0.15) is 0 Å². The summed E-state index contributed by atoms with van der Waals surface area (Å²) in [5.41, 5.74) is 1.90. The van der Waals surface area contributed by atoms with Gasteiger partial charge in [-0.25, -0.2) is 4.79 Å². The Morgan fingerprint density at radius 1 is 1.11 bits per heavy atom. The number of rotatable bonds is 7. The van der Waals surface area contributed by atoms with Crippen LogP contribution >= 0.6 is 22.9 Å². The second kappa shape index (κ2) is 11.5. The van der Waals surface area contributed by atoms with E-state index >= 15 is 0 Å². The molecule has 8 nitrogen and oxygen atoms in total. The lowest BCUT2D eigenvalue weighted by molar-refractivity contribution is -0.384. The number of benzene rings is 2. The first kappa shape index (κ1) is 25.7. The molecule has 4 rings (SSSR count). The number of carbonyl (C=O) groups excluding carboxylic acids is 2. The average molecular weight is 528 g/mol. The Balaban J connectivity index is 1.66. The monoisotopic (exact) mass is 527 g/mol. The molecule has 1 aliphatic rings. The predicted octanol–water partition coefficient (Wildman–Crippen LogP) is 6.79. The molecule has 0 bridgehead atoms. The lowest BCUT2D eigenvalue weighted by Crippen LogP contribution is -2.25. The van der Waals surface area contributed by atoms with Gasteiger partial charge in [-0.3, -0.25) is 14.9 Å². The summed E-state index contributed by atoms with van der Waals surface area (Å²) in [5, 5.41) is 17.1. The molecule has 2 aromatic carbocycles. The van der Waals surface area contributed by atoms with Crippen molar-refractivity contribution in [2.24, 2.45) is 0 Å². The molecule has 0 spiro atoms. The summed E-state index contributed by atoms with van der Waals surface area (Å²) < 4.78 is 5.24. The Bertz CT molecular complexity index is 1280. The molecule has 1 fully saturated rings. The SMILES string of the molecule is CCOC(=O)c1c(-c2ccccc2Cl)csc1NC(=O)c1ccc(N2CCCCCC2)c([N+](=O)[O-])c1. The van der Waals surface area contributed by atoms with Crippen molar-refractivity contribution in [2.75, 3.05) is 29.9 Å². The summed E-state index contributed by atoms with van der Waals surface area (Å²) in [6.07, 6.45) is 4.15. The van der Waals surface area contributed by atoms with Crippen molar-refractivity contribution in [1.82, 2.24) is 0 Å². The number of carbonyl (C=O) groups is 2. The Kier molecular flexibility index (Phi) is 8.22. The van der Waals surface area contributed by atoms with Crippen LogP contribution in [0.5, 0.6) is 0 Å². The Labute approximate surface area is 218 Å². The van der Waals surface area contributed by atoms with Crippen LogP contribution in [-0.4, -0.2) is 36.5 Å². The molecule has 36 heavy (non-hydrogen) atoms. The number of nitro benzene ring substituents is 1. The van der Waals surface area contributed by atoms with Crippen LogP contribution < -0.4 is 10.2 Å². The minimum absolute atomic E-state index is 0.113. The molecule has 0 unspecified atom stereocenters. The van der Waals surface area contributed by atoms with Crippen molar-refractivity contribution in [3.05, 3.63) is 74.1 Å². The fourth-order valence-electron chi connectivity index (χ4n) is 4.30. The molecule has 1 amide bonds. The first-order valence-corrected chi connectivity index (χ1v) is 13.0. The van der Waals surface area contributed by atoms with Crippen LogP contribution in [0.1, 0.15) is 53.3 Å². The number of hydrogen-bond donors (Lipinski definition) is 1. The van der Waals surface area contributed by atoms with E-state index in [1.807, 2.05) is 4.90 Å². The number of amides is 1. The van der Waals surface area contributed by atoms with Gasteiger partial charge in [-0.15, -0.1) is 11.3 Å². The highest BCUT2D eigenvalue weighted by atomic mass is 35.5. The van der Waals surface area contributed by atoms with Gasteiger partial charge in [0, 0.05) is 46.2 Å². The average Bonchev–Trinajstić information content (AvgIpc) is 3.08. The Morgan fingerprint density at radius 3 is 2.50 bits per heavy atom. The first-order valence-electron chi connectivity index (χ1n) is 11.8. The second-order valence-electron chi connectivity index (χ2n) is 8.37. The highest BCUT2D eigenvalue weighted by molar-refractivity contribution is 7.15. The van der Waals surface area contributed by atoms with Crippen molar-refractivity contribution in [3.8, 4) is 11.1 Å². The number of anilines is 2. The topological polar surface area (TPSA) is 102 Å². The summed E-state index contributed by atoms with van der Waals surface area (Å²) >= 11 is 7.52. The molecular formula is C26H26ClN3O5S. The van der Waals surface area contributed by atoms with Crippen molar-refractivity contribution in [2.45, 2.75) is 32.6 Å². The number of halogens is 1. The molecule has 0 saturated carbocycles. The predicted molar refractivity (Wildman–Crippen MR) is 142 cm³/mol. The molecule has 0 radical (unpaired) electrons. The van der Waals surface area contributed by atoms with Crippen LogP contribution in [0.3, 0.4) is 0 Å². The van der Waals surface area contributed by atoms with E-state index in [1.165, 1.54) is 6.07 Å². The lowest BCUT2D eigenvalue weighted by atomic mass is 10.0. The van der Waals surface area contributed by atoms with E-state index in [0.717, 1.165) is 50.1 Å². The van der Waals surface area contributed by atoms with Crippen molar-refractivity contribution >= 4 is 51.2 Å². The number of ether oxygens (including phenoxy) is 1. The molecule has 1 N–H and O–H groups in total. The summed E-state index contributed by atoms with van der Waals surface area (Å²) in [5.74, 6) is -1.15. The van der Waals surface area contributed by atoms with Crippen LogP contribution in [-0.2, 0) is 4.74 Å². The number of nitrogens with one attached hydrogen (secondary N) is 1. The molecule has 10 heteroatoms. The van der Waals surface area contributed by atoms with Crippen LogP contribution in [0.2, 0.25) is 5.02 Å². The highest BCUT2D eigenvalue weighted by Gasteiger charge is 2.26. The van der Waals surface area contributed by atoms with E-state index in [9.17, 15) is 19.7 Å². The molecule has 3 aromatic rings. The van der Waals surface area contributed by atoms with E-state index in [2.05, 4.69) is 5.32 Å². The van der Waals surface area contributed by atoms with Gasteiger partial charge < -0.3 is 15.0 Å². The van der Waals surface area contributed by atoms with Gasteiger partial charge in [0.15, 0.2) is 0 Å². The summed E-state index contributed by atoms with van der Waals surface area (Å²) in [6, 6.07) is 11.6. The van der Waals surface area contributed by atoms with Gasteiger partial charge in [0.05, 0.1) is 11.5 Å². The zero-order valence-corrected chi connectivity index (χ0v) is 21.4. The van der Waals surface area contributed by atoms with Crippen molar-refractivity contribution < 1.29 is 19.2 Å². The van der Waals surface area contributed by atoms with E-state index in [-0.39, 0.29) is 28.4 Å². The molecule has 0 aliphatic carbocycles. The van der Waals surface area contributed by atoms with E-state index < -0.39 is 16.8 Å². The van der Waals surface area contributed by atoms with Gasteiger partial charge in [-0.1, -0.05) is 42.6 Å². The molecule has 1 saturated heterocycles. The molecule has 2 heterocycles. The third-order valence-electron chi connectivity index (χ3n) is 6.04. The normalized spacial score (nSPS) is 13.7. The Morgan fingerprint density at radius 2 is 1.83 bits per heavy atom. The number of nitrogens with zero attached hydrogens (tertiary/aromatic N) is 2. The molecule has 188 valence electrons. The molecular weight excluding hydrogens is 502 g/mol. The second-order valence-corrected chi connectivity index (χ2v) is 9.66. The summed E-state index contributed by atoms with van der Waals surface area (Å²) in [7, 11) is 0. The van der Waals surface area contributed by atoms with Crippen LogP contribution in [0.25, 0.3) is 11.1 Å². The van der Waals surface area contributed by atoms with Gasteiger partial charge in [-0.05, 0) is 38.0 Å². The fraction of sp³-hybridized carbons (Fsp3) is 0.308. The molecule has 0 atom stereocenters. The van der Waals surface area contributed by atoms with Crippen LogP contribution in [0.15, 0.2) is 47.8 Å². The smallest absolute Gasteiger partial charge is 0.341 e. The van der Waals surface area contributed by atoms with Crippen molar-refractivity contribution in [3.63, 3.8) is 0 Å². The third-order valence-corrected chi connectivity index (χ3v) is 7.27.